The Kier molecular flexibility index (Phi) is 5.85. The van der Waals surface area contributed by atoms with Gasteiger partial charge in [-0.1, -0.05) is 26.0 Å². The molecule has 2 heterocycles. The highest BCUT2D eigenvalue weighted by Crippen LogP contribution is 2.30. The monoisotopic (exact) mass is 346 g/mol. The summed E-state index contributed by atoms with van der Waals surface area (Å²) in [6.45, 7) is 6.97. The number of piperidine rings is 1. The lowest BCUT2D eigenvalue weighted by atomic mass is 9.98. The first-order chi connectivity index (χ1) is 11.7. The smallest absolute Gasteiger partial charge is 0.275 e. The summed E-state index contributed by atoms with van der Waals surface area (Å²) >= 11 is 1.82. The first-order valence-electron chi connectivity index (χ1n) is 9.18. The van der Waals surface area contributed by atoms with E-state index in [1.165, 1.54) is 27.4 Å². The second-order valence-electron chi connectivity index (χ2n) is 6.82. The van der Waals surface area contributed by atoms with E-state index in [2.05, 4.69) is 37.4 Å². The molecule has 1 aliphatic rings. The predicted molar refractivity (Wildman–Crippen MR) is 99.7 cm³/mol. The van der Waals surface area contributed by atoms with Crippen LogP contribution in [0.5, 0.6) is 0 Å². The van der Waals surface area contributed by atoms with Crippen LogP contribution in [0.1, 0.15) is 50.5 Å². The summed E-state index contributed by atoms with van der Waals surface area (Å²) in [6.07, 6.45) is 4.38. The third kappa shape index (κ3) is 4.14. The Labute approximate surface area is 148 Å². The van der Waals surface area contributed by atoms with Gasteiger partial charge in [0.15, 0.2) is 6.54 Å². The third-order valence-corrected chi connectivity index (χ3v) is 6.24. The Morgan fingerprint density at radius 3 is 2.92 bits per heavy atom. The second kappa shape index (κ2) is 8.08. The van der Waals surface area contributed by atoms with E-state index in [4.69, 9.17) is 4.98 Å². The number of amides is 1. The van der Waals surface area contributed by atoms with E-state index in [0.717, 1.165) is 31.4 Å². The maximum absolute atomic E-state index is 12.3. The predicted octanol–water partition coefficient (Wildman–Crippen LogP) is 2.36. The normalized spacial score (nSPS) is 21.3. The van der Waals surface area contributed by atoms with Crippen molar-refractivity contribution in [3.8, 4) is 0 Å². The van der Waals surface area contributed by atoms with Gasteiger partial charge in [-0.15, -0.1) is 11.3 Å². The van der Waals surface area contributed by atoms with E-state index < -0.39 is 0 Å². The number of quaternary nitrogens is 1. The summed E-state index contributed by atoms with van der Waals surface area (Å²) in [5.41, 5.74) is 1.11. The number of nitrogens with one attached hydrogen (secondary N) is 2. The lowest BCUT2D eigenvalue weighted by Crippen LogP contribution is -3.14. The summed E-state index contributed by atoms with van der Waals surface area (Å²) in [6, 6.07) is 8.68. The molecule has 2 aromatic rings. The SMILES string of the molecule is CCC(CC)NC(=O)C[NH+]1CCC[C@H](c2nc3ccccc3s2)C1. The molecule has 2 atom stereocenters. The minimum absolute atomic E-state index is 0.198. The van der Waals surface area contributed by atoms with Crippen LogP contribution in [0.2, 0.25) is 0 Å². The van der Waals surface area contributed by atoms with Gasteiger partial charge in [0.05, 0.1) is 29.2 Å². The van der Waals surface area contributed by atoms with Crippen LogP contribution in [0.25, 0.3) is 10.2 Å². The maximum Gasteiger partial charge on any atom is 0.275 e. The van der Waals surface area contributed by atoms with Crippen molar-refractivity contribution in [2.75, 3.05) is 19.6 Å². The number of rotatable bonds is 6. The van der Waals surface area contributed by atoms with Crippen molar-refractivity contribution in [1.82, 2.24) is 10.3 Å². The van der Waals surface area contributed by atoms with Crippen LogP contribution >= 0.6 is 11.3 Å². The highest BCUT2D eigenvalue weighted by atomic mass is 32.1. The van der Waals surface area contributed by atoms with Crippen molar-refractivity contribution in [1.29, 1.82) is 0 Å². The minimum Gasteiger partial charge on any atom is -0.349 e. The largest absolute Gasteiger partial charge is 0.349 e. The second-order valence-corrected chi connectivity index (χ2v) is 7.88. The first-order valence-corrected chi connectivity index (χ1v) is 9.99. The molecule has 4 nitrogen and oxygen atoms in total. The number of hydrogen-bond donors (Lipinski definition) is 2. The topological polar surface area (TPSA) is 46.4 Å². The molecule has 24 heavy (non-hydrogen) atoms. The molecule has 1 amide bonds. The van der Waals surface area contributed by atoms with Gasteiger partial charge in [0.1, 0.15) is 5.01 Å². The average molecular weight is 347 g/mol. The summed E-state index contributed by atoms with van der Waals surface area (Å²) < 4.78 is 1.27. The molecule has 0 spiro atoms. The number of fused-ring (bicyclic) bond motifs is 1. The van der Waals surface area contributed by atoms with Crippen LogP contribution in [0.4, 0.5) is 0 Å². The number of thiazole rings is 1. The highest BCUT2D eigenvalue weighted by Gasteiger charge is 2.28. The molecule has 1 unspecified atom stereocenters. The molecule has 1 saturated heterocycles. The maximum atomic E-state index is 12.3. The molecule has 1 aromatic heterocycles. The van der Waals surface area contributed by atoms with E-state index in [9.17, 15) is 4.79 Å². The van der Waals surface area contributed by atoms with Gasteiger partial charge in [0.25, 0.3) is 5.91 Å². The molecule has 1 aliphatic heterocycles. The van der Waals surface area contributed by atoms with E-state index >= 15 is 0 Å². The first kappa shape index (κ1) is 17.4. The third-order valence-electron chi connectivity index (χ3n) is 5.04. The zero-order valence-electron chi connectivity index (χ0n) is 14.7. The summed E-state index contributed by atoms with van der Waals surface area (Å²) in [5, 5.41) is 4.41. The van der Waals surface area contributed by atoms with E-state index in [0.29, 0.717) is 18.5 Å². The number of aromatic nitrogens is 1. The minimum atomic E-state index is 0.198. The Morgan fingerprint density at radius 2 is 2.17 bits per heavy atom. The molecule has 0 radical (unpaired) electrons. The van der Waals surface area contributed by atoms with Gasteiger partial charge < -0.3 is 10.2 Å². The lowest BCUT2D eigenvalue weighted by molar-refractivity contribution is -0.898. The fraction of sp³-hybridized carbons (Fsp3) is 0.579. The van der Waals surface area contributed by atoms with Crippen molar-refractivity contribution >= 4 is 27.5 Å². The van der Waals surface area contributed by atoms with Crippen molar-refractivity contribution in [2.45, 2.75) is 51.5 Å². The Balaban J connectivity index is 1.60. The Morgan fingerprint density at radius 1 is 1.38 bits per heavy atom. The zero-order valence-corrected chi connectivity index (χ0v) is 15.5. The number of carbonyl (C=O) groups excluding carboxylic acids is 1. The summed E-state index contributed by atoms with van der Waals surface area (Å²) in [7, 11) is 0. The average Bonchev–Trinajstić information content (AvgIpc) is 3.04. The van der Waals surface area contributed by atoms with Gasteiger partial charge in [0, 0.05) is 6.04 Å². The van der Waals surface area contributed by atoms with Gasteiger partial charge in [-0.3, -0.25) is 4.79 Å². The number of likely N-dealkylation sites (tertiary alicyclic amines) is 1. The molecular weight excluding hydrogens is 318 g/mol. The zero-order chi connectivity index (χ0) is 16.9. The fourth-order valence-electron chi connectivity index (χ4n) is 3.59. The number of nitrogens with zero attached hydrogens (tertiary/aromatic N) is 1. The number of para-hydroxylation sites is 1. The molecule has 5 heteroatoms. The number of carbonyl (C=O) groups is 1. The quantitative estimate of drug-likeness (QED) is 0.843. The molecule has 1 aromatic carbocycles. The van der Waals surface area contributed by atoms with Crippen molar-refractivity contribution in [3.05, 3.63) is 29.3 Å². The Hall–Kier alpha value is -1.46. The highest BCUT2D eigenvalue weighted by molar-refractivity contribution is 7.18. The summed E-state index contributed by atoms with van der Waals surface area (Å²) in [5.74, 6) is 0.691. The van der Waals surface area contributed by atoms with Crippen molar-refractivity contribution < 1.29 is 9.69 Å². The van der Waals surface area contributed by atoms with E-state index in [-0.39, 0.29) is 5.91 Å². The molecule has 1 fully saturated rings. The van der Waals surface area contributed by atoms with E-state index in [1.54, 1.807) is 0 Å². The standard InChI is InChI=1S/C19H27N3OS/c1-3-15(4-2)20-18(23)13-22-11-7-8-14(12-22)19-21-16-9-5-6-10-17(16)24-19/h5-6,9-10,14-15H,3-4,7-8,11-13H2,1-2H3,(H,20,23)/p+1/t14-/m0/s1. The van der Waals surface area contributed by atoms with Crippen LogP contribution in [0.15, 0.2) is 24.3 Å². The summed E-state index contributed by atoms with van der Waals surface area (Å²) in [4.78, 5) is 18.5. The lowest BCUT2D eigenvalue weighted by Gasteiger charge is -2.28. The molecule has 0 saturated carbocycles. The molecule has 3 rings (SSSR count). The van der Waals surface area contributed by atoms with Gasteiger partial charge >= 0.3 is 0 Å². The number of benzene rings is 1. The van der Waals surface area contributed by atoms with Gasteiger partial charge in [-0.2, -0.15) is 0 Å². The Bertz CT molecular complexity index is 647. The van der Waals surface area contributed by atoms with E-state index in [1.807, 2.05) is 17.4 Å². The molecule has 0 aliphatic carbocycles. The van der Waals surface area contributed by atoms with Crippen LogP contribution < -0.4 is 10.2 Å². The van der Waals surface area contributed by atoms with Gasteiger partial charge in [-0.05, 0) is 37.8 Å². The fourth-order valence-corrected chi connectivity index (χ4v) is 4.69. The van der Waals surface area contributed by atoms with Gasteiger partial charge in [-0.25, -0.2) is 4.98 Å². The van der Waals surface area contributed by atoms with Crippen LogP contribution in [-0.2, 0) is 4.79 Å². The molecule has 0 bridgehead atoms. The van der Waals surface area contributed by atoms with Crippen LogP contribution in [0.3, 0.4) is 0 Å². The van der Waals surface area contributed by atoms with Crippen molar-refractivity contribution in [2.24, 2.45) is 0 Å². The number of hydrogen-bond acceptors (Lipinski definition) is 3. The molecular formula is C19H28N3OS+. The van der Waals surface area contributed by atoms with Crippen LogP contribution in [0, 0.1) is 0 Å². The molecule has 2 N–H and O–H groups in total. The van der Waals surface area contributed by atoms with Crippen LogP contribution in [-0.4, -0.2) is 36.6 Å². The molecule has 130 valence electrons. The van der Waals surface area contributed by atoms with Crippen molar-refractivity contribution in [3.63, 3.8) is 0 Å². The van der Waals surface area contributed by atoms with Gasteiger partial charge in [0.2, 0.25) is 0 Å².